The van der Waals surface area contributed by atoms with Crippen molar-refractivity contribution in [2.24, 2.45) is 0 Å². The van der Waals surface area contributed by atoms with E-state index in [0.717, 1.165) is 6.07 Å². The molecule has 2 aromatic carbocycles. The number of carboxylic acids is 2. The lowest BCUT2D eigenvalue weighted by Gasteiger charge is -1.95. The van der Waals surface area contributed by atoms with Crippen LogP contribution in [-0.2, 0) is 0 Å². The highest BCUT2D eigenvalue weighted by atomic mass is 16.4. The summed E-state index contributed by atoms with van der Waals surface area (Å²) < 4.78 is 0. The summed E-state index contributed by atoms with van der Waals surface area (Å²) in [6.07, 6.45) is 0. The lowest BCUT2D eigenvalue weighted by atomic mass is 10.1. The summed E-state index contributed by atoms with van der Waals surface area (Å²) in [5, 5.41) is 17.0. The van der Waals surface area contributed by atoms with E-state index < -0.39 is 11.9 Å². The van der Waals surface area contributed by atoms with E-state index in [1.807, 2.05) is 0 Å². The van der Waals surface area contributed by atoms with Gasteiger partial charge in [-0.25, -0.2) is 9.59 Å². The molecule has 0 aliphatic heterocycles. The molecule has 2 aromatic rings. The molecule has 0 spiro atoms. The normalized spacial score (nSPS) is 9.30. The Balaban J connectivity index is 0.000000217. The van der Waals surface area contributed by atoms with Gasteiger partial charge in [0.05, 0.1) is 11.1 Å². The monoisotopic (exact) mass is 272 g/mol. The molecule has 0 heterocycles. The van der Waals surface area contributed by atoms with Crippen molar-refractivity contribution in [3.05, 3.63) is 70.8 Å². The molecule has 0 amide bonds. The predicted octanol–water partition coefficient (Wildman–Crippen LogP) is 3.39. The first-order chi connectivity index (χ1) is 9.40. The van der Waals surface area contributed by atoms with Gasteiger partial charge in [-0.2, -0.15) is 0 Å². The molecule has 0 bridgehead atoms. The minimum atomic E-state index is -1.13. The molecule has 0 fully saturated rings. The highest BCUT2D eigenvalue weighted by molar-refractivity contribution is 5.93. The second kappa shape index (κ2) is 7.09. The molecular weight excluding hydrogens is 256 g/mol. The van der Waals surface area contributed by atoms with Crippen molar-refractivity contribution in [2.75, 3.05) is 0 Å². The fraction of sp³-hybridized carbons (Fsp3) is 0.125. The van der Waals surface area contributed by atoms with Gasteiger partial charge >= 0.3 is 11.9 Å². The maximum atomic E-state index is 10.4. The van der Waals surface area contributed by atoms with Gasteiger partial charge in [0.25, 0.3) is 0 Å². The zero-order chi connectivity index (χ0) is 15.1. The van der Waals surface area contributed by atoms with Gasteiger partial charge in [0.1, 0.15) is 0 Å². The first kappa shape index (κ1) is 15.4. The van der Waals surface area contributed by atoms with Crippen LogP contribution in [0, 0.1) is 13.8 Å². The first-order valence-corrected chi connectivity index (χ1v) is 6.00. The van der Waals surface area contributed by atoms with E-state index in [1.54, 1.807) is 0 Å². The van der Waals surface area contributed by atoms with E-state index in [2.05, 4.69) is 38.1 Å². The summed E-state index contributed by atoms with van der Waals surface area (Å²) in [6, 6.07) is 13.6. The smallest absolute Gasteiger partial charge is 0.335 e. The number of rotatable bonds is 2. The highest BCUT2D eigenvalue weighted by Crippen LogP contribution is 2.04. The van der Waals surface area contributed by atoms with Gasteiger partial charge in [-0.15, -0.1) is 0 Å². The predicted molar refractivity (Wildman–Crippen MR) is 76.3 cm³/mol. The van der Waals surface area contributed by atoms with Crippen LogP contribution in [0.25, 0.3) is 0 Å². The standard InChI is InChI=1S/C8H6O4.C8H10/c9-7(10)5-2-1-3-6(4-5)8(11)12;1-7-4-3-5-8(2)6-7/h1-4H,(H,9,10)(H,11,12);3-6H,1-2H3. The van der Waals surface area contributed by atoms with Crippen LogP contribution in [0.4, 0.5) is 0 Å². The third kappa shape index (κ3) is 4.94. The Morgan fingerprint density at radius 1 is 0.750 bits per heavy atom. The zero-order valence-electron chi connectivity index (χ0n) is 11.3. The molecule has 0 aliphatic carbocycles. The zero-order valence-corrected chi connectivity index (χ0v) is 11.3. The maximum absolute atomic E-state index is 10.4. The molecule has 0 radical (unpaired) electrons. The average molecular weight is 272 g/mol. The van der Waals surface area contributed by atoms with Crippen molar-refractivity contribution in [1.29, 1.82) is 0 Å². The molecule has 0 unspecified atom stereocenters. The fourth-order valence-electron chi connectivity index (χ4n) is 1.59. The van der Waals surface area contributed by atoms with Gasteiger partial charge < -0.3 is 10.2 Å². The Morgan fingerprint density at radius 2 is 1.15 bits per heavy atom. The van der Waals surface area contributed by atoms with E-state index in [0.29, 0.717) is 0 Å². The van der Waals surface area contributed by atoms with Crippen LogP contribution in [0.15, 0.2) is 48.5 Å². The lowest BCUT2D eigenvalue weighted by molar-refractivity contribution is 0.0696. The van der Waals surface area contributed by atoms with Crippen LogP contribution in [0.5, 0.6) is 0 Å². The number of carboxylic acid groups (broad SMARTS) is 2. The van der Waals surface area contributed by atoms with Gasteiger partial charge in [-0.3, -0.25) is 0 Å². The van der Waals surface area contributed by atoms with Crippen molar-refractivity contribution in [3.8, 4) is 0 Å². The first-order valence-electron chi connectivity index (χ1n) is 6.00. The minimum Gasteiger partial charge on any atom is -0.478 e. The Bertz CT molecular complexity index is 571. The molecule has 2 N–H and O–H groups in total. The van der Waals surface area contributed by atoms with Gasteiger partial charge in [-0.1, -0.05) is 41.5 Å². The van der Waals surface area contributed by atoms with Crippen molar-refractivity contribution >= 4 is 11.9 Å². The molecule has 0 atom stereocenters. The molecule has 104 valence electrons. The van der Waals surface area contributed by atoms with Crippen LogP contribution in [0.1, 0.15) is 31.8 Å². The van der Waals surface area contributed by atoms with E-state index >= 15 is 0 Å². The molecule has 0 saturated heterocycles. The topological polar surface area (TPSA) is 74.6 Å². The minimum absolute atomic E-state index is 0.0186. The van der Waals surface area contributed by atoms with E-state index in [9.17, 15) is 9.59 Å². The van der Waals surface area contributed by atoms with E-state index in [4.69, 9.17) is 10.2 Å². The SMILES string of the molecule is Cc1cccc(C)c1.O=C(O)c1cccc(C(=O)O)c1. The van der Waals surface area contributed by atoms with Crippen LogP contribution in [-0.4, -0.2) is 22.2 Å². The molecule has 0 aliphatic rings. The molecule has 20 heavy (non-hydrogen) atoms. The second-order valence-corrected chi connectivity index (χ2v) is 4.35. The lowest BCUT2D eigenvalue weighted by Crippen LogP contribution is -2.01. The third-order valence-electron chi connectivity index (χ3n) is 2.53. The Labute approximate surface area is 117 Å². The number of carbonyl (C=O) groups is 2. The van der Waals surface area contributed by atoms with Gasteiger partial charge in [0.15, 0.2) is 0 Å². The third-order valence-corrected chi connectivity index (χ3v) is 2.53. The summed E-state index contributed by atoms with van der Waals surface area (Å²) in [5.74, 6) is -2.25. The maximum Gasteiger partial charge on any atom is 0.335 e. The molecule has 4 heteroatoms. The molecular formula is C16H16O4. The summed E-state index contributed by atoms with van der Waals surface area (Å²) in [6.45, 7) is 4.21. The van der Waals surface area contributed by atoms with Crippen molar-refractivity contribution in [3.63, 3.8) is 0 Å². The van der Waals surface area contributed by atoms with E-state index in [1.165, 1.54) is 29.3 Å². The second-order valence-electron chi connectivity index (χ2n) is 4.35. The average Bonchev–Trinajstić information content (AvgIpc) is 2.39. The quantitative estimate of drug-likeness (QED) is 0.878. The molecule has 2 rings (SSSR count). The van der Waals surface area contributed by atoms with Crippen LogP contribution >= 0.6 is 0 Å². The van der Waals surface area contributed by atoms with Crippen molar-refractivity contribution < 1.29 is 19.8 Å². The Kier molecular flexibility index (Phi) is 5.47. The largest absolute Gasteiger partial charge is 0.478 e. The molecule has 0 saturated carbocycles. The van der Waals surface area contributed by atoms with Crippen LogP contribution < -0.4 is 0 Å². The highest BCUT2D eigenvalue weighted by Gasteiger charge is 2.06. The van der Waals surface area contributed by atoms with Gasteiger partial charge in [0, 0.05) is 0 Å². The Morgan fingerprint density at radius 3 is 1.45 bits per heavy atom. The van der Waals surface area contributed by atoms with E-state index in [-0.39, 0.29) is 11.1 Å². The van der Waals surface area contributed by atoms with Crippen molar-refractivity contribution in [2.45, 2.75) is 13.8 Å². The Hall–Kier alpha value is -2.62. The van der Waals surface area contributed by atoms with Crippen LogP contribution in [0.3, 0.4) is 0 Å². The summed E-state index contributed by atoms with van der Waals surface area (Å²) in [7, 11) is 0. The van der Waals surface area contributed by atoms with Crippen molar-refractivity contribution in [1.82, 2.24) is 0 Å². The summed E-state index contributed by atoms with van der Waals surface area (Å²) in [5.41, 5.74) is 2.64. The molecule has 4 nitrogen and oxygen atoms in total. The number of aromatic carboxylic acids is 2. The number of aryl methyl sites for hydroxylation is 2. The summed E-state index contributed by atoms with van der Waals surface area (Å²) in [4.78, 5) is 20.8. The number of hydrogen-bond acceptors (Lipinski definition) is 2. The summed E-state index contributed by atoms with van der Waals surface area (Å²) >= 11 is 0. The van der Waals surface area contributed by atoms with Gasteiger partial charge in [0.2, 0.25) is 0 Å². The number of hydrogen-bond donors (Lipinski definition) is 2. The number of benzene rings is 2. The molecule has 0 aromatic heterocycles. The fourth-order valence-corrected chi connectivity index (χ4v) is 1.59. The van der Waals surface area contributed by atoms with Gasteiger partial charge in [-0.05, 0) is 32.0 Å². The van der Waals surface area contributed by atoms with Crippen LogP contribution in [0.2, 0.25) is 0 Å².